The van der Waals surface area contributed by atoms with Gasteiger partial charge in [-0.2, -0.15) is 4.98 Å². The molecule has 2 aromatic heterocycles. The first-order chi connectivity index (χ1) is 9.22. The monoisotopic (exact) mass is 261 g/mol. The van der Waals surface area contributed by atoms with Gasteiger partial charge in [-0.05, 0) is 18.6 Å². The summed E-state index contributed by atoms with van der Waals surface area (Å²) in [4.78, 5) is 18.0. The minimum atomic E-state index is 0.0369. The predicted octanol–water partition coefficient (Wildman–Crippen LogP) is 1.53. The Morgan fingerprint density at radius 2 is 2.47 bits per heavy atom. The average molecular weight is 261 g/mol. The molecule has 1 amide bonds. The van der Waals surface area contributed by atoms with Crippen molar-refractivity contribution in [1.82, 2.24) is 15.0 Å². The van der Waals surface area contributed by atoms with Crippen molar-refractivity contribution in [2.75, 3.05) is 13.1 Å². The van der Waals surface area contributed by atoms with Crippen LogP contribution in [0.25, 0.3) is 0 Å². The summed E-state index contributed by atoms with van der Waals surface area (Å²) in [7, 11) is 0. The fourth-order valence-electron chi connectivity index (χ4n) is 2.40. The summed E-state index contributed by atoms with van der Waals surface area (Å²) in [5, 5.41) is 3.74. The molecule has 6 heteroatoms. The van der Waals surface area contributed by atoms with Crippen molar-refractivity contribution in [3.05, 3.63) is 35.9 Å². The molecular weight excluding hydrogens is 246 g/mol. The molecule has 1 aliphatic rings. The lowest BCUT2D eigenvalue weighted by Gasteiger charge is -2.14. The molecule has 2 aromatic rings. The molecule has 100 valence electrons. The van der Waals surface area contributed by atoms with Gasteiger partial charge in [-0.1, -0.05) is 5.16 Å². The van der Waals surface area contributed by atoms with Gasteiger partial charge in [-0.25, -0.2) is 0 Å². The highest BCUT2D eigenvalue weighted by atomic mass is 16.5. The molecule has 0 aliphatic carbocycles. The zero-order chi connectivity index (χ0) is 13.2. The number of carbonyl (C=O) groups is 1. The second-order valence-corrected chi connectivity index (χ2v) is 4.75. The first-order valence-corrected chi connectivity index (χ1v) is 6.33. The molecule has 0 N–H and O–H groups in total. The number of nitrogens with zero attached hydrogens (tertiary/aromatic N) is 3. The van der Waals surface area contributed by atoms with E-state index in [1.54, 1.807) is 13.2 Å². The van der Waals surface area contributed by atoms with Crippen LogP contribution in [-0.2, 0) is 11.2 Å². The molecule has 1 atom stereocenters. The molecule has 0 saturated carbocycles. The van der Waals surface area contributed by atoms with Gasteiger partial charge < -0.3 is 13.8 Å². The van der Waals surface area contributed by atoms with Crippen molar-refractivity contribution in [3.63, 3.8) is 0 Å². The minimum absolute atomic E-state index is 0.0369. The average Bonchev–Trinajstić information content (AvgIpc) is 3.08. The summed E-state index contributed by atoms with van der Waals surface area (Å²) in [6, 6.07) is 3.84. The number of hydrogen-bond donors (Lipinski definition) is 0. The summed E-state index contributed by atoms with van der Waals surface area (Å²) in [5.74, 6) is 2.22. The summed E-state index contributed by atoms with van der Waals surface area (Å²) in [6.45, 7) is 3.16. The van der Waals surface area contributed by atoms with Crippen LogP contribution in [0.5, 0.6) is 0 Å². The Balaban J connectivity index is 1.60. The van der Waals surface area contributed by atoms with Gasteiger partial charge in [-0.15, -0.1) is 0 Å². The lowest BCUT2D eigenvalue weighted by molar-refractivity contribution is -0.129. The molecule has 0 spiro atoms. The van der Waals surface area contributed by atoms with Crippen LogP contribution in [0.2, 0.25) is 0 Å². The Bertz CT molecular complexity index is 561. The van der Waals surface area contributed by atoms with Crippen molar-refractivity contribution in [1.29, 1.82) is 0 Å². The molecule has 1 unspecified atom stereocenters. The summed E-state index contributed by atoms with van der Waals surface area (Å²) in [5.41, 5.74) is 0. The zero-order valence-corrected chi connectivity index (χ0v) is 10.7. The molecule has 3 heterocycles. The van der Waals surface area contributed by atoms with Crippen LogP contribution in [0.3, 0.4) is 0 Å². The van der Waals surface area contributed by atoms with Crippen molar-refractivity contribution < 1.29 is 13.7 Å². The molecule has 0 aromatic carbocycles. The molecule has 1 aliphatic heterocycles. The van der Waals surface area contributed by atoms with Crippen LogP contribution in [0.1, 0.15) is 29.8 Å². The number of carbonyl (C=O) groups excluding carboxylic acids is 1. The Kier molecular flexibility index (Phi) is 3.06. The van der Waals surface area contributed by atoms with Gasteiger partial charge in [0.1, 0.15) is 5.76 Å². The maximum absolute atomic E-state index is 12.1. The topological polar surface area (TPSA) is 72.4 Å². The highest BCUT2D eigenvalue weighted by Crippen LogP contribution is 2.27. The first-order valence-electron chi connectivity index (χ1n) is 6.33. The van der Waals surface area contributed by atoms with Gasteiger partial charge in [0.25, 0.3) is 0 Å². The number of aryl methyl sites for hydroxylation is 1. The third-order valence-electron chi connectivity index (χ3n) is 3.37. The summed E-state index contributed by atoms with van der Waals surface area (Å²) < 4.78 is 10.3. The van der Waals surface area contributed by atoms with E-state index in [0.717, 1.165) is 18.7 Å². The number of amides is 1. The van der Waals surface area contributed by atoms with Crippen molar-refractivity contribution in [2.45, 2.75) is 25.7 Å². The Morgan fingerprint density at radius 1 is 1.58 bits per heavy atom. The van der Waals surface area contributed by atoms with E-state index in [1.807, 2.05) is 17.0 Å². The number of hydrogen-bond acceptors (Lipinski definition) is 5. The van der Waals surface area contributed by atoms with E-state index in [9.17, 15) is 4.79 Å². The third-order valence-corrected chi connectivity index (χ3v) is 3.37. The molecule has 1 fully saturated rings. The summed E-state index contributed by atoms with van der Waals surface area (Å²) >= 11 is 0. The molecular formula is C13H15N3O3. The van der Waals surface area contributed by atoms with E-state index in [0.29, 0.717) is 24.2 Å². The SMILES string of the molecule is Cc1nc(CC(=O)N2CCC(c3ccco3)C2)no1. The van der Waals surface area contributed by atoms with E-state index >= 15 is 0 Å². The second-order valence-electron chi connectivity index (χ2n) is 4.75. The zero-order valence-electron chi connectivity index (χ0n) is 10.7. The van der Waals surface area contributed by atoms with Gasteiger partial charge in [0.2, 0.25) is 11.8 Å². The highest BCUT2D eigenvalue weighted by molar-refractivity contribution is 5.78. The van der Waals surface area contributed by atoms with E-state index in [1.165, 1.54) is 0 Å². The molecule has 3 rings (SSSR count). The fourth-order valence-corrected chi connectivity index (χ4v) is 2.40. The largest absolute Gasteiger partial charge is 0.469 e. The molecule has 19 heavy (non-hydrogen) atoms. The van der Waals surface area contributed by atoms with Crippen LogP contribution in [0.4, 0.5) is 0 Å². The number of rotatable bonds is 3. The molecule has 0 bridgehead atoms. The smallest absolute Gasteiger partial charge is 0.230 e. The maximum atomic E-state index is 12.1. The Morgan fingerprint density at radius 3 is 3.16 bits per heavy atom. The van der Waals surface area contributed by atoms with Crippen LogP contribution in [0.15, 0.2) is 27.3 Å². The predicted molar refractivity (Wildman–Crippen MR) is 65.4 cm³/mol. The number of furan rings is 1. The van der Waals surface area contributed by atoms with E-state index in [4.69, 9.17) is 8.94 Å². The lowest BCUT2D eigenvalue weighted by atomic mass is 10.1. The number of likely N-dealkylation sites (tertiary alicyclic amines) is 1. The lowest BCUT2D eigenvalue weighted by Crippen LogP contribution is -2.30. The van der Waals surface area contributed by atoms with Crippen LogP contribution >= 0.6 is 0 Å². The summed E-state index contributed by atoms with van der Waals surface area (Å²) in [6.07, 6.45) is 2.80. The van der Waals surface area contributed by atoms with E-state index in [-0.39, 0.29) is 12.3 Å². The molecule has 1 saturated heterocycles. The van der Waals surface area contributed by atoms with Gasteiger partial charge in [0.05, 0.1) is 12.7 Å². The second kappa shape index (κ2) is 4.87. The Hall–Kier alpha value is -2.11. The first kappa shape index (κ1) is 12.0. The standard InChI is InChI=1S/C13H15N3O3/c1-9-14-12(15-19-9)7-13(17)16-5-4-10(8-16)11-3-2-6-18-11/h2-3,6,10H,4-5,7-8H2,1H3. The quantitative estimate of drug-likeness (QED) is 0.837. The van der Waals surface area contributed by atoms with Gasteiger partial charge >= 0.3 is 0 Å². The van der Waals surface area contributed by atoms with E-state index in [2.05, 4.69) is 10.1 Å². The molecule has 0 radical (unpaired) electrons. The van der Waals surface area contributed by atoms with Crippen LogP contribution < -0.4 is 0 Å². The van der Waals surface area contributed by atoms with Crippen molar-refractivity contribution in [3.8, 4) is 0 Å². The number of aromatic nitrogens is 2. The Labute approximate surface area is 110 Å². The fraction of sp³-hybridized carbons (Fsp3) is 0.462. The van der Waals surface area contributed by atoms with Crippen molar-refractivity contribution >= 4 is 5.91 Å². The minimum Gasteiger partial charge on any atom is -0.469 e. The van der Waals surface area contributed by atoms with Gasteiger partial charge in [0.15, 0.2) is 5.82 Å². The van der Waals surface area contributed by atoms with E-state index < -0.39 is 0 Å². The van der Waals surface area contributed by atoms with Gasteiger partial charge in [-0.3, -0.25) is 4.79 Å². The van der Waals surface area contributed by atoms with Crippen LogP contribution in [0, 0.1) is 6.92 Å². The molecule has 6 nitrogen and oxygen atoms in total. The third kappa shape index (κ3) is 2.52. The highest BCUT2D eigenvalue weighted by Gasteiger charge is 2.29. The maximum Gasteiger partial charge on any atom is 0.230 e. The normalized spacial score (nSPS) is 19.0. The van der Waals surface area contributed by atoms with Crippen molar-refractivity contribution in [2.24, 2.45) is 0 Å². The van der Waals surface area contributed by atoms with Gasteiger partial charge in [0, 0.05) is 25.9 Å². The van der Waals surface area contributed by atoms with Crippen LogP contribution in [-0.4, -0.2) is 34.0 Å².